The number of carbonyl (C=O) groups is 1. The van der Waals surface area contributed by atoms with Crippen LogP contribution in [0.25, 0.3) is 0 Å². The zero-order valence-electron chi connectivity index (χ0n) is 17.6. The molecule has 4 rings (SSSR count). The molecule has 0 spiro atoms. The Morgan fingerprint density at radius 2 is 1.96 bits per heavy atom. The van der Waals surface area contributed by atoms with Crippen molar-refractivity contribution in [1.82, 2.24) is 0 Å². The lowest BCUT2D eigenvalue weighted by molar-refractivity contribution is -0.123. The number of aryl methyl sites for hydroxylation is 1. The Morgan fingerprint density at radius 1 is 1.21 bits per heavy atom. The monoisotopic (exact) mass is 403 g/mol. The van der Waals surface area contributed by atoms with Gasteiger partial charge in [-0.1, -0.05) is 34.1 Å². The van der Waals surface area contributed by atoms with Crippen molar-refractivity contribution in [2.75, 3.05) is 5.32 Å². The summed E-state index contributed by atoms with van der Waals surface area (Å²) in [6, 6.07) is 3.95. The van der Waals surface area contributed by atoms with E-state index in [1.54, 1.807) is 0 Å². The second-order valence-electron chi connectivity index (χ2n) is 10.6. The van der Waals surface area contributed by atoms with E-state index < -0.39 is 13.4 Å². The SMILES string of the molecule is CC(C)(C)C(=O)Nc1cc2c(cc1[PH](=O)O)CCC1C2CC[C@]2(C)CCCC12. The van der Waals surface area contributed by atoms with Crippen LogP contribution in [0.2, 0.25) is 0 Å². The van der Waals surface area contributed by atoms with Crippen LogP contribution in [-0.4, -0.2) is 10.8 Å². The first-order chi connectivity index (χ1) is 13.1. The first-order valence-corrected chi connectivity index (χ1v) is 12.2. The van der Waals surface area contributed by atoms with Crippen molar-refractivity contribution in [3.63, 3.8) is 0 Å². The topological polar surface area (TPSA) is 66.4 Å². The summed E-state index contributed by atoms with van der Waals surface area (Å²) in [5.74, 6) is 1.94. The van der Waals surface area contributed by atoms with Crippen molar-refractivity contribution < 1.29 is 14.3 Å². The molecule has 0 saturated heterocycles. The van der Waals surface area contributed by atoms with Crippen LogP contribution in [0, 0.1) is 22.7 Å². The normalized spacial score (nSPS) is 32.8. The van der Waals surface area contributed by atoms with E-state index in [2.05, 4.69) is 12.2 Å². The molecule has 5 atom stereocenters. The fourth-order valence-electron chi connectivity index (χ4n) is 6.20. The zero-order valence-corrected chi connectivity index (χ0v) is 18.6. The van der Waals surface area contributed by atoms with Gasteiger partial charge < -0.3 is 10.2 Å². The number of hydrogen-bond acceptors (Lipinski definition) is 2. The molecular weight excluding hydrogens is 369 g/mol. The quantitative estimate of drug-likeness (QED) is 0.682. The minimum absolute atomic E-state index is 0.115. The summed E-state index contributed by atoms with van der Waals surface area (Å²) in [6.07, 6.45) is 8.73. The molecule has 1 amide bonds. The maximum Gasteiger partial charge on any atom is 0.229 e. The summed E-state index contributed by atoms with van der Waals surface area (Å²) in [5.41, 5.74) is 3.06. The Hall–Kier alpha value is -1.12. The van der Waals surface area contributed by atoms with Gasteiger partial charge in [0.15, 0.2) is 0 Å². The van der Waals surface area contributed by atoms with Crippen LogP contribution in [0.15, 0.2) is 12.1 Å². The van der Waals surface area contributed by atoms with Crippen molar-refractivity contribution in [1.29, 1.82) is 0 Å². The molecule has 3 aliphatic rings. The van der Waals surface area contributed by atoms with Crippen molar-refractivity contribution in [3.05, 3.63) is 23.3 Å². The van der Waals surface area contributed by atoms with Crippen LogP contribution >= 0.6 is 8.03 Å². The number of carbonyl (C=O) groups excluding carboxylic acids is 1. The van der Waals surface area contributed by atoms with Gasteiger partial charge in [-0.2, -0.15) is 0 Å². The number of rotatable bonds is 2. The van der Waals surface area contributed by atoms with Crippen molar-refractivity contribution in [2.45, 2.75) is 78.6 Å². The van der Waals surface area contributed by atoms with Crippen LogP contribution in [0.1, 0.15) is 83.3 Å². The predicted molar refractivity (Wildman–Crippen MR) is 115 cm³/mol. The molecule has 4 nitrogen and oxygen atoms in total. The summed E-state index contributed by atoms with van der Waals surface area (Å²) < 4.78 is 12.0. The van der Waals surface area contributed by atoms with E-state index in [0.29, 0.717) is 22.3 Å². The number of fused-ring (bicyclic) bond motifs is 5. The van der Waals surface area contributed by atoms with Gasteiger partial charge in [-0.3, -0.25) is 9.36 Å². The van der Waals surface area contributed by atoms with Crippen LogP contribution in [0.4, 0.5) is 5.69 Å². The van der Waals surface area contributed by atoms with Gasteiger partial charge >= 0.3 is 0 Å². The van der Waals surface area contributed by atoms with Crippen LogP contribution in [0.5, 0.6) is 0 Å². The predicted octanol–water partition coefficient (Wildman–Crippen LogP) is 5.01. The molecule has 28 heavy (non-hydrogen) atoms. The molecule has 2 N–H and O–H groups in total. The molecule has 2 saturated carbocycles. The molecular formula is C23H34NO3P. The smallest absolute Gasteiger partial charge is 0.229 e. The number of nitrogens with one attached hydrogen (secondary N) is 1. The standard InChI is InChI=1S/C23H34NO3P/c1-22(2,3)21(25)24-19-13-17-14(12-20(19)28(26)27)7-8-16-15(17)9-11-23(4)10-5-6-18(16)23/h12-13,15-16,18,28H,5-11H2,1-4H3,(H,24,25)(H,26,27)/t15?,16?,18?,23-/m0/s1. The van der Waals surface area contributed by atoms with E-state index in [1.165, 1.54) is 49.7 Å². The summed E-state index contributed by atoms with van der Waals surface area (Å²) in [5, 5.41) is 3.36. The maximum atomic E-state index is 12.6. The van der Waals surface area contributed by atoms with E-state index in [9.17, 15) is 14.3 Å². The summed E-state index contributed by atoms with van der Waals surface area (Å²) >= 11 is 0. The van der Waals surface area contributed by atoms with Crippen LogP contribution in [-0.2, 0) is 15.8 Å². The molecule has 2 fully saturated rings. The van der Waals surface area contributed by atoms with Crippen LogP contribution in [0.3, 0.4) is 0 Å². The summed E-state index contributed by atoms with van der Waals surface area (Å²) in [7, 11) is -2.88. The van der Waals surface area contributed by atoms with Crippen molar-refractivity contribution in [2.24, 2.45) is 22.7 Å². The molecule has 0 bridgehead atoms. The third-order valence-electron chi connectivity index (χ3n) is 7.80. The average molecular weight is 404 g/mol. The highest BCUT2D eigenvalue weighted by molar-refractivity contribution is 7.47. The van der Waals surface area contributed by atoms with Gasteiger partial charge in [-0.25, -0.2) is 0 Å². The third kappa shape index (κ3) is 3.37. The molecule has 3 aliphatic carbocycles. The Balaban J connectivity index is 1.72. The molecule has 154 valence electrons. The molecule has 5 heteroatoms. The Labute approximate surface area is 169 Å². The number of anilines is 1. The van der Waals surface area contributed by atoms with Gasteiger partial charge in [-0.15, -0.1) is 0 Å². The Kier molecular flexibility index (Phi) is 5.03. The van der Waals surface area contributed by atoms with Crippen molar-refractivity contribution >= 4 is 24.9 Å². The highest BCUT2D eigenvalue weighted by Gasteiger charge is 2.50. The van der Waals surface area contributed by atoms with Gasteiger partial charge in [0.2, 0.25) is 13.9 Å². The van der Waals surface area contributed by atoms with Gasteiger partial charge in [0.25, 0.3) is 0 Å². The van der Waals surface area contributed by atoms with Crippen molar-refractivity contribution in [3.8, 4) is 0 Å². The van der Waals surface area contributed by atoms with E-state index >= 15 is 0 Å². The van der Waals surface area contributed by atoms with E-state index in [1.807, 2.05) is 32.9 Å². The zero-order chi connectivity index (χ0) is 20.3. The minimum atomic E-state index is -2.88. The second kappa shape index (κ2) is 6.99. The Bertz CT molecular complexity index is 828. The Morgan fingerprint density at radius 3 is 2.64 bits per heavy atom. The highest BCUT2D eigenvalue weighted by Crippen LogP contribution is 2.61. The molecule has 1 aromatic rings. The number of benzene rings is 1. The van der Waals surface area contributed by atoms with Gasteiger partial charge in [0.05, 0.1) is 11.0 Å². The second-order valence-corrected chi connectivity index (χ2v) is 11.8. The van der Waals surface area contributed by atoms with E-state index in [4.69, 9.17) is 0 Å². The third-order valence-corrected chi connectivity index (χ3v) is 8.68. The first kappa shape index (κ1) is 20.2. The molecule has 0 aliphatic heterocycles. The van der Waals surface area contributed by atoms with Crippen LogP contribution < -0.4 is 10.6 Å². The highest BCUT2D eigenvalue weighted by atomic mass is 31.1. The largest absolute Gasteiger partial charge is 0.343 e. The minimum Gasteiger partial charge on any atom is -0.343 e. The lowest BCUT2D eigenvalue weighted by Crippen LogP contribution is -2.40. The fraction of sp³-hybridized carbons (Fsp3) is 0.696. The average Bonchev–Trinajstić information content (AvgIpc) is 3.01. The molecule has 4 unspecified atom stereocenters. The number of amides is 1. The lowest BCUT2D eigenvalue weighted by atomic mass is 9.56. The number of hydrogen-bond donors (Lipinski definition) is 2. The van der Waals surface area contributed by atoms with Gasteiger partial charge in [0.1, 0.15) is 0 Å². The molecule has 0 aromatic heterocycles. The summed E-state index contributed by atoms with van der Waals surface area (Å²) in [6.45, 7) is 8.08. The molecule has 0 radical (unpaired) electrons. The molecule has 0 heterocycles. The lowest BCUT2D eigenvalue weighted by Gasteiger charge is -2.49. The van der Waals surface area contributed by atoms with E-state index in [-0.39, 0.29) is 5.91 Å². The summed E-state index contributed by atoms with van der Waals surface area (Å²) in [4.78, 5) is 22.5. The van der Waals surface area contributed by atoms with Gasteiger partial charge in [-0.05, 0) is 85.0 Å². The maximum absolute atomic E-state index is 12.6. The first-order valence-electron chi connectivity index (χ1n) is 10.8. The van der Waals surface area contributed by atoms with E-state index in [0.717, 1.165) is 18.3 Å². The molecule has 1 aromatic carbocycles. The van der Waals surface area contributed by atoms with Gasteiger partial charge in [0, 0.05) is 5.41 Å². The fourth-order valence-corrected chi connectivity index (χ4v) is 6.87.